The van der Waals surface area contributed by atoms with Gasteiger partial charge in [0.25, 0.3) is 0 Å². The minimum atomic E-state index is -3.70. The van der Waals surface area contributed by atoms with Gasteiger partial charge < -0.3 is 14.8 Å². The van der Waals surface area contributed by atoms with E-state index in [0.717, 1.165) is 5.56 Å². The second kappa shape index (κ2) is 11.3. The van der Waals surface area contributed by atoms with Gasteiger partial charge in [-0.1, -0.05) is 12.1 Å². The molecule has 1 N–H and O–H groups in total. The van der Waals surface area contributed by atoms with Crippen molar-refractivity contribution in [2.75, 3.05) is 31.6 Å². The minimum absolute atomic E-state index is 0.127. The van der Waals surface area contributed by atoms with Crippen LogP contribution in [-0.4, -0.2) is 50.9 Å². The lowest BCUT2D eigenvalue weighted by molar-refractivity contribution is -0.142. The van der Waals surface area contributed by atoms with Gasteiger partial charge in [0.15, 0.2) is 0 Å². The van der Waals surface area contributed by atoms with E-state index in [0.29, 0.717) is 44.0 Å². The molecule has 9 heteroatoms. The smallest absolute Gasteiger partial charge is 0.310 e. The van der Waals surface area contributed by atoms with E-state index in [9.17, 15) is 18.0 Å². The fourth-order valence-corrected chi connectivity index (χ4v) is 5.25. The van der Waals surface area contributed by atoms with Crippen LogP contribution >= 0.6 is 0 Å². The second-order valence-electron chi connectivity index (χ2n) is 7.77. The average Bonchev–Trinajstić information content (AvgIpc) is 2.81. The van der Waals surface area contributed by atoms with Gasteiger partial charge in [-0.2, -0.15) is 4.31 Å². The average molecular weight is 475 g/mol. The summed E-state index contributed by atoms with van der Waals surface area (Å²) in [6.45, 7) is 4.96. The number of rotatable bonds is 9. The molecule has 0 aliphatic carbocycles. The highest BCUT2D eigenvalue weighted by atomic mass is 32.2. The van der Waals surface area contributed by atoms with Gasteiger partial charge in [-0.3, -0.25) is 9.59 Å². The first-order valence-electron chi connectivity index (χ1n) is 11.1. The van der Waals surface area contributed by atoms with Crippen LogP contribution in [0.3, 0.4) is 0 Å². The third-order valence-corrected chi connectivity index (χ3v) is 7.28. The second-order valence-corrected chi connectivity index (χ2v) is 9.71. The number of ether oxygens (including phenoxy) is 2. The number of piperidine rings is 1. The minimum Gasteiger partial charge on any atom is -0.494 e. The Hall–Kier alpha value is -2.91. The standard InChI is InChI=1S/C24H30N2O6S/c1-3-31-21-11-13-22(14-12-21)33(29,30)26-15-5-6-19(17-26)24(28)25-20-9-7-18(8-10-20)16-23(27)32-4-2/h7-14,19H,3-6,15-17H2,1-2H3,(H,25,28)/t19-/m0/s1. The summed E-state index contributed by atoms with van der Waals surface area (Å²) in [5.41, 5.74) is 1.39. The third kappa shape index (κ3) is 6.55. The van der Waals surface area contributed by atoms with Crippen molar-refractivity contribution in [2.24, 2.45) is 5.92 Å². The van der Waals surface area contributed by atoms with Crippen molar-refractivity contribution in [3.8, 4) is 5.75 Å². The van der Waals surface area contributed by atoms with Crippen LogP contribution in [0.25, 0.3) is 0 Å². The number of carbonyl (C=O) groups is 2. The lowest BCUT2D eigenvalue weighted by Crippen LogP contribution is -2.43. The lowest BCUT2D eigenvalue weighted by atomic mass is 9.98. The summed E-state index contributed by atoms with van der Waals surface area (Å²) in [5.74, 6) is -0.360. The number of hydrogen-bond donors (Lipinski definition) is 1. The zero-order valence-corrected chi connectivity index (χ0v) is 19.8. The van der Waals surface area contributed by atoms with Gasteiger partial charge >= 0.3 is 5.97 Å². The summed E-state index contributed by atoms with van der Waals surface area (Å²) in [5, 5.41) is 2.86. The van der Waals surface area contributed by atoms with Crippen LogP contribution in [0, 0.1) is 5.92 Å². The fraction of sp³-hybridized carbons (Fsp3) is 0.417. The Morgan fingerprint density at radius 3 is 2.36 bits per heavy atom. The number of esters is 1. The maximum Gasteiger partial charge on any atom is 0.310 e. The van der Waals surface area contributed by atoms with E-state index < -0.39 is 15.9 Å². The molecule has 0 bridgehead atoms. The van der Waals surface area contributed by atoms with Gasteiger partial charge in [0, 0.05) is 18.8 Å². The largest absolute Gasteiger partial charge is 0.494 e. The van der Waals surface area contributed by atoms with Crippen LogP contribution in [0.4, 0.5) is 5.69 Å². The molecule has 3 rings (SSSR count). The summed E-state index contributed by atoms with van der Waals surface area (Å²) in [6.07, 6.45) is 1.39. The predicted molar refractivity (Wildman–Crippen MR) is 125 cm³/mol. The zero-order chi connectivity index (χ0) is 23.8. The molecule has 0 radical (unpaired) electrons. The topological polar surface area (TPSA) is 102 Å². The van der Waals surface area contributed by atoms with E-state index in [1.165, 1.54) is 16.4 Å². The quantitative estimate of drug-likeness (QED) is 0.560. The SMILES string of the molecule is CCOC(=O)Cc1ccc(NC(=O)[C@H]2CCCN(S(=O)(=O)c3ccc(OCC)cc3)C2)cc1. The Morgan fingerprint density at radius 1 is 1.03 bits per heavy atom. The van der Waals surface area contributed by atoms with Crippen molar-refractivity contribution >= 4 is 27.6 Å². The Balaban J connectivity index is 1.61. The van der Waals surface area contributed by atoms with Crippen molar-refractivity contribution in [1.29, 1.82) is 0 Å². The summed E-state index contributed by atoms with van der Waals surface area (Å²) >= 11 is 0. The molecular weight excluding hydrogens is 444 g/mol. The zero-order valence-electron chi connectivity index (χ0n) is 19.0. The molecule has 1 atom stereocenters. The summed E-state index contributed by atoms with van der Waals surface area (Å²) in [6, 6.07) is 13.3. The monoisotopic (exact) mass is 474 g/mol. The van der Waals surface area contributed by atoms with Crippen LogP contribution in [-0.2, 0) is 30.8 Å². The molecule has 8 nitrogen and oxygen atoms in total. The maximum atomic E-state index is 13.1. The molecule has 0 unspecified atom stereocenters. The molecule has 1 saturated heterocycles. The van der Waals surface area contributed by atoms with Crippen molar-refractivity contribution in [3.05, 3.63) is 54.1 Å². The van der Waals surface area contributed by atoms with E-state index in [-0.39, 0.29) is 29.7 Å². The van der Waals surface area contributed by atoms with Crippen LogP contribution < -0.4 is 10.1 Å². The molecular formula is C24H30N2O6S. The summed E-state index contributed by atoms with van der Waals surface area (Å²) in [4.78, 5) is 24.6. The van der Waals surface area contributed by atoms with Gasteiger partial charge in [-0.15, -0.1) is 0 Å². The highest BCUT2D eigenvalue weighted by molar-refractivity contribution is 7.89. The number of nitrogens with one attached hydrogen (secondary N) is 1. The van der Waals surface area contributed by atoms with Crippen molar-refractivity contribution < 1.29 is 27.5 Å². The normalized spacial score (nSPS) is 16.7. The van der Waals surface area contributed by atoms with Gasteiger partial charge in [-0.05, 0) is 68.7 Å². The molecule has 2 aromatic carbocycles. The number of nitrogens with zero attached hydrogens (tertiary/aromatic N) is 1. The first-order valence-corrected chi connectivity index (χ1v) is 12.6. The van der Waals surface area contributed by atoms with Gasteiger partial charge in [0.1, 0.15) is 5.75 Å². The summed E-state index contributed by atoms with van der Waals surface area (Å²) in [7, 11) is -3.70. The Morgan fingerprint density at radius 2 is 1.73 bits per heavy atom. The highest BCUT2D eigenvalue weighted by Gasteiger charge is 2.33. The van der Waals surface area contributed by atoms with E-state index in [2.05, 4.69) is 5.32 Å². The number of hydrogen-bond acceptors (Lipinski definition) is 6. The molecule has 1 fully saturated rings. The molecule has 1 amide bonds. The molecule has 2 aromatic rings. The molecule has 0 saturated carbocycles. The van der Waals surface area contributed by atoms with Crippen LogP contribution in [0.2, 0.25) is 0 Å². The first kappa shape index (κ1) is 24.7. The molecule has 1 heterocycles. The highest BCUT2D eigenvalue weighted by Crippen LogP contribution is 2.26. The molecule has 33 heavy (non-hydrogen) atoms. The van der Waals surface area contributed by atoms with Gasteiger partial charge in [0.05, 0.1) is 30.4 Å². The molecule has 1 aliphatic heterocycles. The van der Waals surface area contributed by atoms with Crippen molar-refractivity contribution in [3.63, 3.8) is 0 Å². The van der Waals surface area contributed by atoms with Crippen molar-refractivity contribution in [1.82, 2.24) is 4.31 Å². The van der Waals surface area contributed by atoms with Gasteiger partial charge in [-0.25, -0.2) is 8.42 Å². The Kier molecular flexibility index (Phi) is 8.46. The van der Waals surface area contributed by atoms with Crippen LogP contribution in [0.5, 0.6) is 5.75 Å². The Labute approximate surface area is 194 Å². The number of benzene rings is 2. The third-order valence-electron chi connectivity index (χ3n) is 5.40. The number of anilines is 1. The maximum absolute atomic E-state index is 13.1. The van der Waals surface area contributed by atoms with E-state index in [1.807, 2.05) is 6.92 Å². The first-order chi connectivity index (χ1) is 15.8. The number of sulfonamides is 1. The van der Waals surface area contributed by atoms with Crippen LogP contribution in [0.1, 0.15) is 32.3 Å². The fourth-order valence-electron chi connectivity index (χ4n) is 3.73. The summed E-state index contributed by atoms with van der Waals surface area (Å²) < 4.78 is 37.8. The number of carbonyl (C=O) groups excluding carboxylic acids is 2. The number of amides is 1. The molecule has 0 aromatic heterocycles. The molecule has 0 spiro atoms. The van der Waals surface area contributed by atoms with E-state index >= 15 is 0 Å². The van der Waals surface area contributed by atoms with Crippen LogP contribution in [0.15, 0.2) is 53.4 Å². The van der Waals surface area contributed by atoms with Crippen molar-refractivity contribution in [2.45, 2.75) is 38.0 Å². The Bertz CT molecular complexity index is 1050. The molecule has 1 aliphatic rings. The predicted octanol–water partition coefficient (Wildman–Crippen LogP) is 3.23. The van der Waals surface area contributed by atoms with Gasteiger partial charge in [0.2, 0.25) is 15.9 Å². The molecule has 178 valence electrons. The lowest BCUT2D eigenvalue weighted by Gasteiger charge is -2.31. The van der Waals surface area contributed by atoms with E-state index in [4.69, 9.17) is 9.47 Å². The van der Waals surface area contributed by atoms with E-state index in [1.54, 1.807) is 43.3 Å².